The molecule has 0 amide bonds. The third-order valence-electron chi connectivity index (χ3n) is 3.48. The summed E-state index contributed by atoms with van der Waals surface area (Å²) in [7, 11) is 0. The summed E-state index contributed by atoms with van der Waals surface area (Å²) >= 11 is 6.79. The second-order valence-electron chi connectivity index (χ2n) is 5.36. The maximum atomic E-state index is 14.3. The number of aromatic amines is 2. The van der Waals surface area contributed by atoms with E-state index in [1.165, 1.54) is 23.3 Å². The zero-order valence-corrected chi connectivity index (χ0v) is 15.0. The number of alkyl halides is 3. The van der Waals surface area contributed by atoms with Gasteiger partial charge in [-0.15, -0.1) is 0 Å². The average molecular weight is 434 g/mol. The first-order valence-electron chi connectivity index (χ1n) is 7.36. The van der Waals surface area contributed by atoms with E-state index in [-0.39, 0.29) is 25.4 Å². The molecule has 0 fully saturated rings. The van der Waals surface area contributed by atoms with Gasteiger partial charge in [-0.1, -0.05) is 23.4 Å². The van der Waals surface area contributed by atoms with Crippen molar-refractivity contribution in [3.8, 4) is 5.69 Å². The van der Waals surface area contributed by atoms with Crippen LogP contribution in [0.5, 0.6) is 0 Å². The van der Waals surface area contributed by atoms with Crippen LogP contribution in [0.3, 0.4) is 0 Å². The Bertz CT molecular complexity index is 1200. The molecular formula is C16H8ClF4N3O3S. The Morgan fingerprint density at radius 1 is 1.07 bits per heavy atom. The van der Waals surface area contributed by atoms with Crippen LogP contribution in [0.25, 0.3) is 5.69 Å². The van der Waals surface area contributed by atoms with Crippen LogP contribution in [0.4, 0.5) is 17.6 Å². The predicted molar refractivity (Wildman–Crippen MR) is 93.8 cm³/mol. The summed E-state index contributed by atoms with van der Waals surface area (Å²) in [6.07, 6.45) is -3.56. The molecule has 12 heteroatoms. The molecule has 2 N–H and O–H groups in total. The van der Waals surface area contributed by atoms with Crippen LogP contribution < -0.4 is 16.8 Å². The molecule has 28 heavy (non-hydrogen) atoms. The van der Waals surface area contributed by atoms with Gasteiger partial charge in [0.1, 0.15) is 11.5 Å². The van der Waals surface area contributed by atoms with E-state index < -0.39 is 40.2 Å². The predicted octanol–water partition coefficient (Wildman–Crippen LogP) is 3.18. The molecule has 1 aromatic carbocycles. The van der Waals surface area contributed by atoms with Crippen LogP contribution in [0, 0.1) is 5.82 Å². The summed E-state index contributed by atoms with van der Waals surface area (Å²) in [5, 5.41) is -0.120. The third kappa shape index (κ3) is 3.90. The first kappa shape index (κ1) is 20.0. The number of rotatable bonds is 3. The van der Waals surface area contributed by atoms with Gasteiger partial charge in [-0.25, -0.2) is 13.8 Å². The highest BCUT2D eigenvalue weighted by atomic mass is 35.5. The third-order valence-corrected chi connectivity index (χ3v) is 5.01. The molecule has 0 atom stereocenters. The number of nitrogens with one attached hydrogen (secondary N) is 2. The van der Waals surface area contributed by atoms with Crippen LogP contribution in [0.2, 0.25) is 5.02 Å². The molecule has 0 unspecified atom stereocenters. The minimum atomic E-state index is -4.95. The second-order valence-corrected chi connectivity index (χ2v) is 6.85. The van der Waals surface area contributed by atoms with Crippen molar-refractivity contribution in [2.24, 2.45) is 0 Å². The fraction of sp³-hybridized carbons (Fsp3) is 0.0625. The molecule has 0 bridgehead atoms. The van der Waals surface area contributed by atoms with Gasteiger partial charge in [-0.2, -0.15) is 13.2 Å². The first-order chi connectivity index (χ1) is 13.1. The quantitative estimate of drug-likeness (QED) is 0.621. The van der Waals surface area contributed by atoms with E-state index in [1.54, 1.807) is 0 Å². The molecule has 0 saturated heterocycles. The molecule has 0 aliphatic rings. The topological polar surface area (TPSA) is 87.7 Å². The number of aromatic nitrogens is 3. The molecule has 2 aromatic heterocycles. The molecule has 3 rings (SSSR count). The van der Waals surface area contributed by atoms with Crippen LogP contribution in [0.15, 0.2) is 60.7 Å². The lowest BCUT2D eigenvalue weighted by atomic mass is 10.3. The van der Waals surface area contributed by atoms with Crippen molar-refractivity contribution in [1.82, 2.24) is 14.5 Å². The largest absolute Gasteiger partial charge is 0.431 e. The van der Waals surface area contributed by atoms with Crippen molar-refractivity contribution >= 4 is 23.4 Å². The van der Waals surface area contributed by atoms with Crippen LogP contribution >= 0.6 is 23.4 Å². The molecule has 0 aliphatic carbocycles. The summed E-state index contributed by atoms with van der Waals surface area (Å²) in [6.45, 7) is 0. The van der Waals surface area contributed by atoms with Gasteiger partial charge in [0.25, 0.3) is 11.1 Å². The van der Waals surface area contributed by atoms with Crippen molar-refractivity contribution in [3.05, 3.63) is 84.3 Å². The lowest BCUT2D eigenvalue weighted by Gasteiger charge is -2.12. The van der Waals surface area contributed by atoms with E-state index in [0.717, 1.165) is 23.9 Å². The number of pyridine rings is 1. The second kappa shape index (κ2) is 7.32. The van der Waals surface area contributed by atoms with Crippen molar-refractivity contribution in [2.75, 3.05) is 0 Å². The highest BCUT2D eigenvalue weighted by Gasteiger charge is 2.33. The monoisotopic (exact) mass is 433 g/mol. The van der Waals surface area contributed by atoms with E-state index in [0.29, 0.717) is 0 Å². The zero-order chi connectivity index (χ0) is 20.6. The molecule has 3 aromatic rings. The summed E-state index contributed by atoms with van der Waals surface area (Å²) in [5.41, 5.74) is -5.49. The molecule has 146 valence electrons. The maximum Gasteiger partial charge on any atom is 0.431 e. The summed E-state index contributed by atoms with van der Waals surface area (Å²) in [6, 6.07) is 4.93. The van der Waals surface area contributed by atoms with Crippen molar-refractivity contribution in [1.29, 1.82) is 0 Å². The van der Waals surface area contributed by atoms with Gasteiger partial charge >= 0.3 is 11.9 Å². The standard InChI is InChI=1S/C16H8ClF4N3O3S/c17-7-4-8(18)9(5-11(7)28-10-2-1-3-22-14(10)26)24-13(25)6-12(16(19,20)21)23-15(24)27/h1-6H,(H,22,26)(H,23,27). The van der Waals surface area contributed by atoms with E-state index in [2.05, 4.69) is 4.98 Å². The number of H-pyrrole nitrogens is 2. The Morgan fingerprint density at radius 3 is 2.39 bits per heavy atom. The smallest absolute Gasteiger partial charge is 0.328 e. The van der Waals surface area contributed by atoms with E-state index in [9.17, 15) is 31.9 Å². The highest BCUT2D eigenvalue weighted by molar-refractivity contribution is 7.99. The van der Waals surface area contributed by atoms with Gasteiger partial charge in [0.2, 0.25) is 0 Å². The van der Waals surface area contributed by atoms with E-state index >= 15 is 0 Å². The van der Waals surface area contributed by atoms with E-state index in [1.807, 2.05) is 0 Å². The van der Waals surface area contributed by atoms with Gasteiger partial charge in [-0.3, -0.25) is 9.59 Å². The molecular weight excluding hydrogens is 426 g/mol. The van der Waals surface area contributed by atoms with Crippen molar-refractivity contribution in [3.63, 3.8) is 0 Å². The number of hydrogen-bond acceptors (Lipinski definition) is 4. The van der Waals surface area contributed by atoms with Gasteiger partial charge < -0.3 is 9.97 Å². The highest BCUT2D eigenvalue weighted by Crippen LogP contribution is 2.34. The SMILES string of the molecule is O=c1[nH]cccc1Sc1cc(-n2c(=O)cc(C(F)(F)F)[nH]c2=O)c(F)cc1Cl. The fourth-order valence-corrected chi connectivity index (χ4v) is 3.38. The zero-order valence-electron chi connectivity index (χ0n) is 13.4. The maximum absolute atomic E-state index is 14.3. The Morgan fingerprint density at radius 2 is 1.79 bits per heavy atom. The molecule has 2 heterocycles. The Kier molecular flexibility index (Phi) is 5.22. The minimum absolute atomic E-state index is 0.112. The van der Waals surface area contributed by atoms with Crippen LogP contribution in [0.1, 0.15) is 5.69 Å². The lowest BCUT2D eigenvalue weighted by molar-refractivity contribution is -0.141. The average Bonchev–Trinajstić information content (AvgIpc) is 2.59. The van der Waals surface area contributed by atoms with Gasteiger partial charge in [0.15, 0.2) is 0 Å². The number of halogens is 5. The minimum Gasteiger partial charge on any atom is -0.328 e. The summed E-state index contributed by atoms with van der Waals surface area (Å²) in [5.74, 6) is -1.11. The van der Waals surface area contributed by atoms with Crippen LogP contribution in [-0.2, 0) is 6.18 Å². The van der Waals surface area contributed by atoms with Crippen molar-refractivity contribution < 1.29 is 17.6 Å². The molecule has 0 radical (unpaired) electrons. The molecule has 6 nitrogen and oxygen atoms in total. The van der Waals surface area contributed by atoms with E-state index in [4.69, 9.17) is 11.6 Å². The van der Waals surface area contributed by atoms with Gasteiger partial charge in [0, 0.05) is 17.2 Å². The molecule has 0 aliphatic heterocycles. The van der Waals surface area contributed by atoms with Crippen LogP contribution in [-0.4, -0.2) is 14.5 Å². The summed E-state index contributed by atoms with van der Waals surface area (Å²) < 4.78 is 52.7. The Labute approximate surface area is 161 Å². The number of hydrogen-bond donors (Lipinski definition) is 2. The first-order valence-corrected chi connectivity index (χ1v) is 8.56. The molecule has 0 saturated carbocycles. The van der Waals surface area contributed by atoms with Crippen molar-refractivity contribution in [2.45, 2.75) is 16.0 Å². The molecule has 0 spiro atoms. The Balaban J connectivity index is 2.16. The number of nitrogens with zero attached hydrogens (tertiary/aromatic N) is 1. The van der Waals surface area contributed by atoms with Gasteiger partial charge in [-0.05, 0) is 24.3 Å². The summed E-state index contributed by atoms with van der Waals surface area (Å²) in [4.78, 5) is 40.1. The fourth-order valence-electron chi connectivity index (χ4n) is 2.25. The number of benzene rings is 1. The normalized spacial score (nSPS) is 11.6. The lowest BCUT2D eigenvalue weighted by Crippen LogP contribution is -2.36. The Hall–Kier alpha value is -2.79. The van der Waals surface area contributed by atoms with Gasteiger partial charge in [0.05, 0.1) is 15.6 Å².